The molecule has 1 aliphatic heterocycles. The van der Waals surface area contributed by atoms with Crippen LogP contribution in [0.15, 0.2) is 53.6 Å². The number of halogens is 1. The SMILES string of the molecule is COc1ccc(Nc2nc(NN=Cc3ccc(Cl)cc3)nc(N3CCOCC3)n2)cc1. The highest BCUT2D eigenvalue weighted by Gasteiger charge is 2.16. The van der Waals surface area contributed by atoms with Crippen LogP contribution < -0.4 is 20.4 Å². The van der Waals surface area contributed by atoms with E-state index in [0.29, 0.717) is 49.2 Å². The second kappa shape index (κ2) is 10.1. The minimum Gasteiger partial charge on any atom is -0.497 e. The zero-order valence-electron chi connectivity index (χ0n) is 17.0. The van der Waals surface area contributed by atoms with Gasteiger partial charge >= 0.3 is 0 Å². The maximum atomic E-state index is 5.92. The molecule has 160 valence electrons. The lowest BCUT2D eigenvalue weighted by atomic mass is 10.2. The molecule has 0 radical (unpaired) electrons. The second-order valence-corrected chi connectivity index (χ2v) is 7.09. The van der Waals surface area contributed by atoms with Crippen LogP contribution in [0.3, 0.4) is 0 Å². The number of nitrogens with zero attached hydrogens (tertiary/aromatic N) is 5. The number of anilines is 4. The van der Waals surface area contributed by atoms with Crippen molar-refractivity contribution in [2.45, 2.75) is 0 Å². The molecule has 1 aliphatic rings. The summed E-state index contributed by atoms with van der Waals surface area (Å²) in [4.78, 5) is 15.6. The fourth-order valence-electron chi connectivity index (χ4n) is 2.89. The Balaban J connectivity index is 1.55. The first-order chi connectivity index (χ1) is 15.2. The summed E-state index contributed by atoms with van der Waals surface area (Å²) in [6.07, 6.45) is 1.67. The average molecular weight is 440 g/mol. The van der Waals surface area contributed by atoms with Crippen molar-refractivity contribution in [2.24, 2.45) is 5.10 Å². The van der Waals surface area contributed by atoms with Crippen LogP contribution in [-0.4, -0.2) is 54.6 Å². The van der Waals surface area contributed by atoms with Gasteiger partial charge < -0.3 is 19.7 Å². The second-order valence-electron chi connectivity index (χ2n) is 6.66. The number of aromatic nitrogens is 3. The third-order valence-corrected chi connectivity index (χ3v) is 4.76. The number of hydrogen-bond donors (Lipinski definition) is 2. The summed E-state index contributed by atoms with van der Waals surface area (Å²) in [5.74, 6) is 2.07. The van der Waals surface area contributed by atoms with Gasteiger partial charge in [-0.05, 0) is 42.0 Å². The Labute approximate surface area is 185 Å². The van der Waals surface area contributed by atoms with Gasteiger partial charge in [-0.15, -0.1) is 0 Å². The molecule has 1 fully saturated rings. The van der Waals surface area contributed by atoms with Crippen LogP contribution in [0.2, 0.25) is 5.02 Å². The summed E-state index contributed by atoms with van der Waals surface area (Å²) in [5.41, 5.74) is 4.62. The van der Waals surface area contributed by atoms with Crippen LogP contribution in [0.1, 0.15) is 5.56 Å². The first-order valence-corrected chi connectivity index (χ1v) is 10.1. The molecular weight excluding hydrogens is 418 g/mol. The lowest BCUT2D eigenvalue weighted by molar-refractivity contribution is 0.122. The quantitative estimate of drug-likeness (QED) is 0.426. The number of hydrogen-bond acceptors (Lipinski definition) is 9. The van der Waals surface area contributed by atoms with Gasteiger partial charge in [0.1, 0.15) is 5.75 Å². The van der Waals surface area contributed by atoms with Crippen LogP contribution in [-0.2, 0) is 4.74 Å². The normalized spacial score (nSPS) is 13.9. The van der Waals surface area contributed by atoms with Crippen LogP contribution in [0, 0.1) is 0 Å². The molecule has 9 nitrogen and oxygen atoms in total. The van der Waals surface area contributed by atoms with Gasteiger partial charge in [-0.25, -0.2) is 5.43 Å². The summed E-state index contributed by atoms with van der Waals surface area (Å²) >= 11 is 5.92. The van der Waals surface area contributed by atoms with Gasteiger partial charge in [0.15, 0.2) is 0 Å². The number of methoxy groups -OCH3 is 1. The van der Waals surface area contributed by atoms with E-state index in [9.17, 15) is 0 Å². The van der Waals surface area contributed by atoms with Gasteiger partial charge in [0.2, 0.25) is 17.8 Å². The Morgan fingerprint density at radius 2 is 1.71 bits per heavy atom. The smallest absolute Gasteiger partial charge is 0.250 e. The Hall–Kier alpha value is -3.43. The number of nitrogens with one attached hydrogen (secondary N) is 2. The van der Waals surface area contributed by atoms with Crippen molar-refractivity contribution in [3.8, 4) is 5.75 Å². The van der Waals surface area contributed by atoms with E-state index in [1.54, 1.807) is 25.5 Å². The topological polar surface area (TPSA) is 96.8 Å². The third kappa shape index (κ3) is 5.80. The molecule has 0 amide bonds. The van der Waals surface area contributed by atoms with Crippen LogP contribution >= 0.6 is 11.6 Å². The highest BCUT2D eigenvalue weighted by Crippen LogP contribution is 2.21. The van der Waals surface area contributed by atoms with Crippen LogP contribution in [0.5, 0.6) is 5.75 Å². The van der Waals surface area contributed by atoms with E-state index in [2.05, 4.69) is 35.7 Å². The minimum atomic E-state index is 0.331. The van der Waals surface area contributed by atoms with Gasteiger partial charge in [-0.3, -0.25) is 0 Å². The molecule has 1 saturated heterocycles. The zero-order chi connectivity index (χ0) is 21.5. The predicted molar refractivity (Wildman–Crippen MR) is 122 cm³/mol. The number of morpholine rings is 1. The Kier molecular flexibility index (Phi) is 6.75. The zero-order valence-corrected chi connectivity index (χ0v) is 17.7. The molecule has 1 aromatic heterocycles. The minimum absolute atomic E-state index is 0.331. The molecule has 0 saturated carbocycles. The average Bonchev–Trinajstić information content (AvgIpc) is 2.81. The Morgan fingerprint density at radius 3 is 2.42 bits per heavy atom. The number of hydrazone groups is 1. The number of benzene rings is 2. The van der Waals surface area contributed by atoms with Crippen molar-refractivity contribution < 1.29 is 9.47 Å². The first kappa shape index (κ1) is 20.8. The summed E-state index contributed by atoms with van der Waals surface area (Å²) < 4.78 is 10.6. The largest absolute Gasteiger partial charge is 0.497 e. The van der Waals surface area contributed by atoms with E-state index >= 15 is 0 Å². The van der Waals surface area contributed by atoms with Gasteiger partial charge in [-0.1, -0.05) is 23.7 Å². The molecule has 2 N–H and O–H groups in total. The van der Waals surface area contributed by atoms with E-state index in [4.69, 9.17) is 21.1 Å². The van der Waals surface area contributed by atoms with Crippen molar-refractivity contribution in [1.29, 1.82) is 0 Å². The Bertz CT molecular complexity index is 1020. The molecule has 0 aliphatic carbocycles. The van der Waals surface area contributed by atoms with E-state index in [0.717, 1.165) is 17.0 Å². The molecule has 0 unspecified atom stereocenters. The first-order valence-electron chi connectivity index (χ1n) is 9.74. The van der Waals surface area contributed by atoms with Crippen molar-refractivity contribution in [3.63, 3.8) is 0 Å². The maximum absolute atomic E-state index is 5.92. The van der Waals surface area contributed by atoms with Gasteiger partial charge in [0, 0.05) is 23.8 Å². The van der Waals surface area contributed by atoms with Crippen molar-refractivity contribution in [3.05, 3.63) is 59.1 Å². The summed E-state index contributed by atoms with van der Waals surface area (Å²) in [5, 5.41) is 8.12. The number of rotatable bonds is 7. The van der Waals surface area contributed by atoms with Crippen molar-refractivity contribution >= 4 is 41.3 Å². The van der Waals surface area contributed by atoms with E-state index < -0.39 is 0 Å². The van der Waals surface area contributed by atoms with Crippen LogP contribution in [0.25, 0.3) is 0 Å². The number of ether oxygens (including phenoxy) is 2. The molecule has 10 heteroatoms. The highest BCUT2D eigenvalue weighted by molar-refractivity contribution is 6.30. The lowest BCUT2D eigenvalue weighted by Crippen LogP contribution is -2.37. The molecule has 31 heavy (non-hydrogen) atoms. The molecule has 0 atom stereocenters. The van der Waals surface area contributed by atoms with Gasteiger partial charge in [0.25, 0.3) is 0 Å². The third-order valence-electron chi connectivity index (χ3n) is 4.51. The maximum Gasteiger partial charge on any atom is 0.250 e. The molecule has 4 rings (SSSR count). The standard InChI is InChI=1S/C21H22ClN7O2/c1-30-18-8-6-17(7-9-18)24-19-25-20(27-21(26-19)29-10-12-31-13-11-29)28-23-14-15-2-4-16(22)5-3-15/h2-9,14H,10-13H2,1H3,(H2,24,25,26,27,28). The highest BCUT2D eigenvalue weighted by atomic mass is 35.5. The molecule has 0 spiro atoms. The predicted octanol–water partition coefficient (Wildman–Crippen LogP) is 3.56. The van der Waals surface area contributed by atoms with Crippen molar-refractivity contribution in [1.82, 2.24) is 15.0 Å². The monoisotopic (exact) mass is 439 g/mol. The Morgan fingerprint density at radius 1 is 1.00 bits per heavy atom. The molecule has 0 bridgehead atoms. The van der Waals surface area contributed by atoms with Crippen molar-refractivity contribution in [2.75, 3.05) is 49.1 Å². The molecular formula is C21H22ClN7O2. The summed E-state index contributed by atoms with van der Waals surface area (Å²) in [6.45, 7) is 2.67. The van der Waals surface area contributed by atoms with Gasteiger partial charge in [-0.2, -0.15) is 20.1 Å². The summed E-state index contributed by atoms with van der Waals surface area (Å²) in [7, 11) is 1.63. The van der Waals surface area contributed by atoms with E-state index in [1.807, 2.05) is 36.4 Å². The molecule has 2 heterocycles. The van der Waals surface area contributed by atoms with Crippen LogP contribution in [0.4, 0.5) is 23.5 Å². The summed E-state index contributed by atoms with van der Waals surface area (Å²) in [6, 6.07) is 14.9. The van der Waals surface area contributed by atoms with E-state index in [-0.39, 0.29) is 0 Å². The fourth-order valence-corrected chi connectivity index (χ4v) is 3.02. The molecule has 2 aromatic carbocycles. The van der Waals surface area contributed by atoms with E-state index in [1.165, 1.54) is 0 Å². The molecule has 3 aromatic rings. The van der Waals surface area contributed by atoms with Gasteiger partial charge in [0.05, 0.1) is 26.5 Å². The lowest BCUT2D eigenvalue weighted by Gasteiger charge is -2.27. The fraction of sp³-hybridized carbons (Fsp3) is 0.238.